The Bertz CT molecular complexity index is 365. The van der Waals surface area contributed by atoms with Crippen LogP contribution in [0.1, 0.15) is 64.7 Å². The van der Waals surface area contributed by atoms with E-state index in [9.17, 15) is 9.90 Å². The molecule has 0 aliphatic carbocycles. The average molecular weight is 278 g/mol. The van der Waals surface area contributed by atoms with Gasteiger partial charge in [0.25, 0.3) is 0 Å². The Labute approximate surface area is 122 Å². The van der Waals surface area contributed by atoms with Crippen molar-refractivity contribution in [3.05, 3.63) is 11.6 Å². The van der Waals surface area contributed by atoms with E-state index in [0.29, 0.717) is 5.57 Å². The Hall–Kier alpha value is -1.27. The molecule has 0 unspecified atom stereocenters. The highest BCUT2D eigenvalue weighted by molar-refractivity contribution is 5.92. The Morgan fingerprint density at radius 2 is 1.80 bits per heavy atom. The lowest BCUT2D eigenvalue weighted by atomic mass is 10.0. The summed E-state index contributed by atoms with van der Waals surface area (Å²) in [6.07, 6.45) is 15.9. The van der Waals surface area contributed by atoms with Crippen LogP contribution in [0, 0.1) is 12.3 Å². The second kappa shape index (κ2) is 9.61. The molecule has 1 fully saturated rings. The number of hydrogen-bond acceptors (Lipinski definition) is 3. The summed E-state index contributed by atoms with van der Waals surface area (Å²) in [6, 6.07) is 0. The smallest absolute Gasteiger partial charge is 0.336 e. The van der Waals surface area contributed by atoms with Crippen LogP contribution in [-0.4, -0.2) is 23.3 Å². The molecule has 1 aliphatic rings. The van der Waals surface area contributed by atoms with Crippen molar-refractivity contribution in [1.82, 2.24) is 0 Å². The number of hydrogen-bond donors (Lipinski definition) is 1. The molecule has 1 N–H and O–H groups in total. The molecule has 0 spiro atoms. The van der Waals surface area contributed by atoms with Gasteiger partial charge in [-0.3, -0.25) is 0 Å². The largest absolute Gasteiger partial charge is 0.456 e. The zero-order valence-electron chi connectivity index (χ0n) is 12.4. The van der Waals surface area contributed by atoms with Crippen molar-refractivity contribution in [2.75, 3.05) is 0 Å². The lowest BCUT2D eigenvalue weighted by Gasteiger charge is -2.04. The minimum absolute atomic E-state index is 0.362. The monoisotopic (exact) mass is 278 g/mol. The molecule has 1 saturated heterocycles. The number of cyclic esters (lactones) is 1. The third-order valence-corrected chi connectivity index (χ3v) is 3.68. The van der Waals surface area contributed by atoms with Crippen molar-refractivity contribution in [3.63, 3.8) is 0 Å². The fourth-order valence-corrected chi connectivity index (χ4v) is 2.39. The molecule has 0 aromatic heterocycles. The molecule has 1 aliphatic heterocycles. The van der Waals surface area contributed by atoms with Crippen LogP contribution in [0.5, 0.6) is 0 Å². The van der Waals surface area contributed by atoms with E-state index in [0.717, 1.165) is 25.7 Å². The van der Waals surface area contributed by atoms with E-state index in [-0.39, 0.29) is 5.97 Å². The molecule has 1 heterocycles. The predicted octanol–water partition coefficient (Wildman–Crippen LogP) is 3.36. The standard InChI is InChI=1S/C17H26O3/c1-3-4-5-6-7-8-9-10-11-12-13-15-16(18)14(2)20-17(15)19/h1,13-14,16,18H,4-12H2,2H3/b15-13-/t14-,16-/m0/s1. The number of unbranched alkanes of at least 4 members (excludes halogenated alkanes) is 8. The molecule has 0 saturated carbocycles. The fourth-order valence-electron chi connectivity index (χ4n) is 2.39. The highest BCUT2D eigenvalue weighted by Crippen LogP contribution is 2.22. The molecule has 2 atom stereocenters. The van der Waals surface area contributed by atoms with Crippen LogP contribution >= 0.6 is 0 Å². The van der Waals surface area contributed by atoms with Crippen LogP contribution in [0.25, 0.3) is 0 Å². The van der Waals surface area contributed by atoms with Crippen molar-refractivity contribution in [1.29, 1.82) is 0 Å². The van der Waals surface area contributed by atoms with Gasteiger partial charge < -0.3 is 9.84 Å². The van der Waals surface area contributed by atoms with E-state index in [1.165, 1.54) is 32.1 Å². The molecule has 0 bridgehead atoms. The summed E-state index contributed by atoms with van der Waals surface area (Å²) < 4.78 is 4.96. The molecule has 0 amide bonds. The molecular weight excluding hydrogens is 252 g/mol. The maximum Gasteiger partial charge on any atom is 0.336 e. The Morgan fingerprint density at radius 1 is 1.20 bits per heavy atom. The third-order valence-electron chi connectivity index (χ3n) is 3.68. The number of aliphatic hydroxyl groups is 1. The van der Waals surface area contributed by atoms with Gasteiger partial charge in [0.2, 0.25) is 0 Å². The summed E-state index contributed by atoms with van der Waals surface area (Å²) in [5.41, 5.74) is 0.437. The summed E-state index contributed by atoms with van der Waals surface area (Å²) >= 11 is 0. The van der Waals surface area contributed by atoms with Gasteiger partial charge in [-0.25, -0.2) is 4.79 Å². The van der Waals surface area contributed by atoms with Gasteiger partial charge in [-0.05, 0) is 26.2 Å². The lowest BCUT2D eigenvalue weighted by molar-refractivity contribution is -0.138. The maximum atomic E-state index is 11.4. The molecule has 0 aromatic carbocycles. The Morgan fingerprint density at radius 3 is 2.35 bits per heavy atom. The summed E-state index contributed by atoms with van der Waals surface area (Å²) in [6.45, 7) is 1.71. The quantitative estimate of drug-likeness (QED) is 0.304. The zero-order valence-corrected chi connectivity index (χ0v) is 12.4. The second-order valence-corrected chi connectivity index (χ2v) is 5.43. The molecule has 3 heteroatoms. The maximum absolute atomic E-state index is 11.4. The molecule has 0 radical (unpaired) electrons. The van der Waals surface area contributed by atoms with Crippen LogP contribution in [0.4, 0.5) is 0 Å². The van der Waals surface area contributed by atoms with Gasteiger partial charge in [-0.1, -0.05) is 38.2 Å². The van der Waals surface area contributed by atoms with Crippen LogP contribution < -0.4 is 0 Å². The van der Waals surface area contributed by atoms with Gasteiger partial charge >= 0.3 is 5.97 Å². The van der Waals surface area contributed by atoms with Crippen molar-refractivity contribution in [3.8, 4) is 12.3 Å². The van der Waals surface area contributed by atoms with E-state index in [4.69, 9.17) is 11.2 Å². The molecule has 1 rings (SSSR count). The zero-order chi connectivity index (χ0) is 14.8. The van der Waals surface area contributed by atoms with Gasteiger partial charge in [-0.15, -0.1) is 12.3 Å². The van der Waals surface area contributed by atoms with E-state index in [1.54, 1.807) is 6.92 Å². The third kappa shape index (κ3) is 5.79. The number of carbonyl (C=O) groups excluding carboxylic acids is 1. The van der Waals surface area contributed by atoms with Gasteiger partial charge in [0.05, 0.1) is 5.57 Å². The summed E-state index contributed by atoms with van der Waals surface area (Å²) in [5, 5.41) is 9.74. The molecule has 0 aromatic rings. The van der Waals surface area contributed by atoms with Crippen LogP contribution in [0.15, 0.2) is 11.6 Å². The average Bonchev–Trinajstić information content (AvgIpc) is 2.67. The highest BCUT2D eigenvalue weighted by Gasteiger charge is 2.34. The normalized spacial score (nSPS) is 23.9. The Balaban J connectivity index is 2.02. The minimum Gasteiger partial charge on any atom is -0.456 e. The first-order chi connectivity index (χ1) is 9.66. The number of carbonyl (C=O) groups is 1. The van der Waals surface area contributed by atoms with Gasteiger partial charge in [0.15, 0.2) is 0 Å². The van der Waals surface area contributed by atoms with E-state index < -0.39 is 12.2 Å². The predicted molar refractivity (Wildman–Crippen MR) is 80.0 cm³/mol. The van der Waals surface area contributed by atoms with Crippen molar-refractivity contribution < 1.29 is 14.6 Å². The number of aliphatic hydroxyl groups excluding tert-OH is 1. The lowest BCUT2D eigenvalue weighted by Crippen LogP contribution is -2.17. The minimum atomic E-state index is -0.751. The summed E-state index contributed by atoms with van der Waals surface area (Å²) in [5.74, 6) is 2.30. The van der Waals surface area contributed by atoms with Crippen molar-refractivity contribution >= 4 is 5.97 Å². The van der Waals surface area contributed by atoms with Crippen LogP contribution in [-0.2, 0) is 9.53 Å². The van der Waals surface area contributed by atoms with E-state index in [2.05, 4.69) is 5.92 Å². The number of ether oxygens (including phenoxy) is 1. The Kier molecular flexibility index (Phi) is 8.06. The molecular formula is C17H26O3. The van der Waals surface area contributed by atoms with Crippen molar-refractivity contribution in [2.24, 2.45) is 0 Å². The number of terminal acetylenes is 1. The SMILES string of the molecule is C#CCCCCCCCCC/C=C1\C(=O)O[C@@H](C)[C@@H]1O. The molecule has 3 nitrogen and oxygen atoms in total. The van der Waals surface area contributed by atoms with Crippen LogP contribution in [0.2, 0.25) is 0 Å². The fraction of sp³-hybridized carbons (Fsp3) is 0.706. The highest BCUT2D eigenvalue weighted by atomic mass is 16.6. The topological polar surface area (TPSA) is 46.5 Å². The first kappa shape index (κ1) is 16.8. The number of rotatable bonds is 9. The summed E-state index contributed by atoms with van der Waals surface area (Å²) in [4.78, 5) is 11.4. The molecule has 112 valence electrons. The summed E-state index contributed by atoms with van der Waals surface area (Å²) in [7, 11) is 0. The van der Waals surface area contributed by atoms with Gasteiger partial charge in [0, 0.05) is 6.42 Å². The first-order valence-corrected chi connectivity index (χ1v) is 7.69. The van der Waals surface area contributed by atoms with Gasteiger partial charge in [0.1, 0.15) is 12.2 Å². The molecule has 20 heavy (non-hydrogen) atoms. The van der Waals surface area contributed by atoms with Crippen molar-refractivity contribution in [2.45, 2.75) is 76.9 Å². The number of allylic oxidation sites excluding steroid dienone is 1. The van der Waals surface area contributed by atoms with Crippen LogP contribution in [0.3, 0.4) is 0 Å². The first-order valence-electron chi connectivity index (χ1n) is 7.69. The second-order valence-electron chi connectivity index (χ2n) is 5.43. The van der Waals surface area contributed by atoms with Gasteiger partial charge in [-0.2, -0.15) is 0 Å². The van der Waals surface area contributed by atoms with E-state index >= 15 is 0 Å². The van der Waals surface area contributed by atoms with E-state index in [1.807, 2.05) is 6.08 Å². The number of esters is 1.